The van der Waals surface area contributed by atoms with Crippen LogP contribution in [0.2, 0.25) is 0 Å². The molecule has 0 saturated carbocycles. The first kappa shape index (κ1) is 13.2. The van der Waals surface area contributed by atoms with Gasteiger partial charge in [-0.25, -0.2) is 0 Å². The Morgan fingerprint density at radius 2 is 1.85 bits per heavy atom. The summed E-state index contributed by atoms with van der Waals surface area (Å²) in [4.78, 5) is 2.45. The number of nitrogens with one attached hydrogen (secondary N) is 1. The maximum absolute atomic E-state index is 4.61. The van der Waals surface area contributed by atoms with Crippen LogP contribution in [0.1, 0.15) is 43.0 Å². The summed E-state index contributed by atoms with van der Waals surface area (Å²) in [7, 11) is 0. The number of piperidine rings is 1. The van der Waals surface area contributed by atoms with Gasteiger partial charge in [0.05, 0.1) is 0 Å². The number of nitrogens with zero attached hydrogens (tertiary/aromatic N) is 2. The van der Waals surface area contributed by atoms with Crippen molar-refractivity contribution in [3.8, 4) is 0 Å². The van der Waals surface area contributed by atoms with Crippen LogP contribution >= 0.6 is 0 Å². The Morgan fingerprint density at radius 3 is 2.55 bits per heavy atom. The Bertz CT molecular complexity index is 539. The summed E-state index contributed by atoms with van der Waals surface area (Å²) in [6, 6.07) is 10.6. The largest absolute Gasteiger partial charge is 0.355 e. The molecular formula is C17H23N3. The molecule has 1 saturated heterocycles. The molecule has 1 fully saturated rings. The predicted octanol–water partition coefficient (Wildman–Crippen LogP) is 3.55. The van der Waals surface area contributed by atoms with Crippen LogP contribution in [0.15, 0.2) is 30.3 Å². The van der Waals surface area contributed by atoms with Crippen molar-refractivity contribution in [3.63, 3.8) is 0 Å². The van der Waals surface area contributed by atoms with Gasteiger partial charge < -0.3 is 4.90 Å². The summed E-state index contributed by atoms with van der Waals surface area (Å²) in [5.41, 5.74) is 4.02. The number of aromatic nitrogens is 2. The van der Waals surface area contributed by atoms with Crippen molar-refractivity contribution in [2.75, 3.05) is 18.0 Å². The van der Waals surface area contributed by atoms with Crippen molar-refractivity contribution in [2.24, 2.45) is 0 Å². The van der Waals surface area contributed by atoms with Crippen LogP contribution in [-0.2, 0) is 12.8 Å². The van der Waals surface area contributed by atoms with E-state index < -0.39 is 0 Å². The second-order valence-electron chi connectivity index (χ2n) is 5.57. The van der Waals surface area contributed by atoms with E-state index in [1.54, 1.807) is 0 Å². The summed E-state index contributed by atoms with van der Waals surface area (Å²) in [6.45, 7) is 4.54. The van der Waals surface area contributed by atoms with Gasteiger partial charge in [0.25, 0.3) is 0 Å². The lowest BCUT2D eigenvalue weighted by Gasteiger charge is -2.27. The number of hydrogen-bond acceptors (Lipinski definition) is 2. The van der Waals surface area contributed by atoms with Crippen LogP contribution in [0.25, 0.3) is 0 Å². The fourth-order valence-electron chi connectivity index (χ4n) is 3.08. The van der Waals surface area contributed by atoms with Crippen LogP contribution in [0, 0.1) is 0 Å². The highest BCUT2D eigenvalue weighted by Crippen LogP contribution is 2.26. The van der Waals surface area contributed by atoms with Gasteiger partial charge in [0.1, 0.15) is 0 Å². The Labute approximate surface area is 121 Å². The molecule has 1 aliphatic heterocycles. The minimum Gasteiger partial charge on any atom is -0.355 e. The van der Waals surface area contributed by atoms with Crippen molar-refractivity contribution >= 4 is 5.82 Å². The normalized spacial score (nSPS) is 15.6. The molecule has 1 aromatic heterocycles. The predicted molar refractivity (Wildman–Crippen MR) is 83.3 cm³/mol. The van der Waals surface area contributed by atoms with Gasteiger partial charge in [0, 0.05) is 30.8 Å². The lowest BCUT2D eigenvalue weighted by Crippen LogP contribution is -2.30. The van der Waals surface area contributed by atoms with Crippen molar-refractivity contribution in [1.29, 1.82) is 0 Å². The SMILES string of the molecule is CCc1c(N2CCCCC2)n[nH]c1Cc1ccccc1. The van der Waals surface area contributed by atoms with Gasteiger partial charge in [-0.1, -0.05) is 37.3 Å². The second kappa shape index (κ2) is 6.12. The number of H-pyrrole nitrogens is 1. The summed E-state index contributed by atoms with van der Waals surface area (Å²) in [5, 5.41) is 7.89. The molecule has 0 atom stereocenters. The first-order valence-electron chi connectivity index (χ1n) is 7.73. The fourth-order valence-corrected chi connectivity index (χ4v) is 3.08. The molecule has 0 bridgehead atoms. The average Bonchev–Trinajstić information content (AvgIpc) is 2.92. The zero-order valence-electron chi connectivity index (χ0n) is 12.2. The molecule has 0 amide bonds. The third-order valence-electron chi connectivity index (χ3n) is 4.16. The van der Waals surface area contributed by atoms with Gasteiger partial charge in [-0.15, -0.1) is 0 Å². The third-order valence-corrected chi connectivity index (χ3v) is 4.16. The first-order valence-corrected chi connectivity index (χ1v) is 7.73. The van der Waals surface area contributed by atoms with Crippen molar-refractivity contribution in [3.05, 3.63) is 47.2 Å². The van der Waals surface area contributed by atoms with Gasteiger partial charge in [-0.05, 0) is 31.2 Å². The molecule has 0 unspecified atom stereocenters. The molecule has 1 N–H and O–H groups in total. The minimum atomic E-state index is 0.949. The van der Waals surface area contributed by atoms with Gasteiger partial charge in [-0.2, -0.15) is 5.10 Å². The molecule has 0 aliphatic carbocycles. The third kappa shape index (κ3) is 2.72. The quantitative estimate of drug-likeness (QED) is 0.920. The molecule has 1 aromatic carbocycles. The molecule has 1 aliphatic rings. The van der Waals surface area contributed by atoms with E-state index in [9.17, 15) is 0 Å². The van der Waals surface area contributed by atoms with Crippen molar-refractivity contribution in [2.45, 2.75) is 39.0 Å². The maximum atomic E-state index is 4.61. The van der Waals surface area contributed by atoms with Crippen LogP contribution in [0.3, 0.4) is 0 Å². The van der Waals surface area contributed by atoms with E-state index in [1.165, 1.54) is 41.9 Å². The molecular weight excluding hydrogens is 246 g/mol. The molecule has 0 radical (unpaired) electrons. The van der Waals surface area contributed by atoms with E-state index in [0.29, 0.717) is 0 Å². The van der Waals surface area contributed by atoms with E-state index >= 15 is 0 Å². The van der Waals surface area contributed by atoms with Gasteiger partial charge in [0.2, 0.25) is 0 Å². The lowest BCUT2D eigenvalue weighted by atomic mass is 10.0. The van der Waals surface area contributed by atoms with E-state index in [-0.39, 0.29) is 0 Å². The monoisotopic (exact) mass is 269 g/mol. The van der Waals surface area contributed by atoms with Crippen molar-refractivity contribution in [1.82, 2.24) is 10.2 Å². The van der Waals surface area contributed by atoms with Gasteiger partial charge in [0.15, 0.2) is 5.82 Å². The molecule has 3 rings (SSSR count). The average molecular weight is 269 g/mol. The molecule has 0 spiro atoms. The molecule has 2 heterocycles. The highest BCUT2D eigenvalue weighted by atomic mass is 15.3. The summed E-state index contributed by atoms with van der Waals surface area (Å²) < 4.78 is 0. The first-order chi connectivity index (χ1) is 9.88. The summed E-state index contributed by atoms with van der Waals surface area (Å²) >= 11 is 0. The lowest BCUT2D eigenvalue weighted by molar-refractivity contribution is 0.571. The van der Waals surface area contributed by atoms with Crippen LogP contribution in [-0.4, -0.2) is 23.3 Å². The summed E-state index contributed by atoms with van der Waals surface area (Å²) in [5.74, 6) is 1.19. The standard InChI is InChI=1S/C17H23N3/c1-2-15-16(13-14-9-5-3-6-10-14)18-19-17(15)20-11-7-4-8-12-20/h3,5-6,9-10H,2,4,7-8,11-13H2,1H3,(H,18,19). The van der Waals surface area contributed by atoms with Crippen LogP contribution in [0.4, 0.5) is 5.82 Å². The Morgan fingerprint density at radius 1 is 1.10 bits per heavy atom. The van der Waals surface area contributed by atoms with E-state index in [1.807, 2.05) is 0 Å². The molecule has 3 heteroatoms. The molecule has 20 heavy (non-hydrogen) atoms. The van der Waals surface area contributed by atoms with Crippen LogP contribution in [0.5, 0.6) is 0 Å². The fraction of sp³-hybridized carbons (Fsp3) is 0.471. The number of aromatic amines is 1. The maximum Gasteiger partial charge on any atom is 0.153 e. The van der Waals surface area contributed by atoms with Crippen LogP contribution < -0.4 is 4.90 Å². The van der Waals surface area contributed by atoms with E-state index in [0.717, 1.165) is 25.9 Å². The number of rotatable bonds is 4. The number of hydrogen-bond donors (Lipinski definition) is 1. The Balaban J connectivity index is 1.83. The topological polar surface area (TPSA) is 31.9 Å². The highest BCUT2D eigenvalue weighted by molar-refractivity contribution is 5.50. The Kier molecular flexibility index (Phi) is 4.05. The minimum absolute atomic E-state index is 0.949. The zero-order chi connectivity index (χ0) is 13.8. The van der Waals surface area contributed by atoms with Gasteiger partial charge in [-0.3, -0.25) is 5.10 Å². The van der Waals surface area contributed by atoms with Crippen molar-refractivity contribution < 1.29 is 0 Å². The molecule has 106 valence electrons. The zero-order valence-corrected chi connectivity index (χ0v) is 12.2. The second-order valence-corrected chi connectivity index (χ2v) is 5.57. The number of anilines is 1. The number of benzene rings is 1. The van der Waals surface area contributed by atoms with E-state index in [2.05, 4.69) is 52.4 Å². The van der Waals surface area contributed by atoms with Gasteiger partial charge >= 0.3 is 0 Å². The van der Waals surface area contributed by atoms with E-state index in [4.69, 9.17) is 0 Å². The molecule has 3 nitrogen and oxygen atoms in total. The molecule has 2 aromatic rings. The highest BCUT2D eigenvalue weighted by Gasteiger charge is 2.19. The smallest absolute Gasteiger partial charge is 0.153 e. The summed E-state index contributed by atoms with van der Waals surface area (Å²) in [6.07, 6.45) is 5.95. The Hall–Kier alpha value is -1.77.